The molecule has 0 amide bonds. The molecule has 22 heavy (non-hydrogen) atoms. The molecular formula is C20H24O2. The zero-order valence-electron chi connectivity index (χ0n) is 13.2. The molecule has 0 saturated heterocycles. The van der Waals surface area contributed by atoms with E-state index in [4.69, 9.17) is 0 Å². The Kier molecular flexibility index (Phi) is 4.37. The van der Waals surface area contributed by atoms with Crippen LogP contribution in [0.2, 0.25) is 0 Å². The van der Waals surface area contributed by atoms with Crippen LogP contribution in [0, 0.1) is 6.92 Å². The molecule has 0 radical (unpaired) electrons. The first kappa shape index (κ1) is 15.0. The topological polar surface area (TPSA) is 40.5 Å². The average molecular weight is 296 g/mol. The van der Waals surface area contributed by atoms with Crippen LogP contribution in [0.1, 0.15) is 60.3 Å². The molecule has 0 bridgehead atoms. The Morgan fingerprint density at radius 2 is 1.64 bits per heavy atom. The van der Waals surface area contributed by atoms with Crippen molar-refractivity contribution in [2.75, 3.05) is 0 Å². The molecule has 1 saturated carbocycles. The summed E-state index contributed by atoms with van der Waals surface area (Å²) in [7, 11) is 0. The molecule has 0 atom stereocenters. The molecule has 0 aromatic heterocycles. The van der Waals surface area contributed by atoms with E-state index in [9.17, 15) is 10.2 Å². The van der Waals surface area contributed by atoms with Gasteiger partial charge in [0.25, 0.3) is 0 Å². The Hall–Kier alpha value is -1.96. The summed E-state index contributed by atoms with van der Waals surface area (Å²) >= 11 is 0. The minimum Gasteiger partial charge on any atom is -0.508 e. The van der Waals surface area contributed by atoms with Gasteiger partial charge in [0.05, 0.1) is 0 Å². The number of aryl methyl sites for hydroxylation is 1. The molecule has 116 valence electrons. The van der Waals surface area contributed by atoms with E-state index in [0.717, 1.165) is 11.1 Å². The number of rotatable bonds is 3. The Morgan fingerprint density at radius 1 is 0.909 bits per heavy atom. The van der Waals surface area contributed by atoms with Crippen LogP contribution in [0.3, 0.4) is 0 Å². The van der Waals surface area contributed by atoms with Gasteiger partial charge in [-0.15, -0.1) is 0 Å². The van der Waals surface area contributed by atoms with Gasteiger partial charge in [0, 0.05) is 6.42 Å². The monoisotopic (exact) mass is 296 g/mol. The van der Waals surface area contributed by atoms with E-state index in [-0.39, 0.29) is 0 Å². The van der Waals surface area contributed by atoms with Gasteiger partial charge >= 0.3 is 0 Å². The van der Waals surface area contributed by atoms with E-state index in [1.165, 1.54) is 43.2 Å². The second-order valence-electron chi connectivity index (χ2n) is 6.48. The van der Waals surface area contributed by atoms with Gasteiger partial charge in [-0.2, -0.15) is 0 Å². The van der Waals surface area contributed by atoms with E-state index in [2.05, 4.69) is 13.0 Å². The van der Waals surface area contributed by atoms with Crippen LogP contribution in [-0.4, -0.2) is 10.2 Å². The van der Waals surface area contributed by atoms with Crippen LogP contribution in [0.15, 0.2) is 36.4 Å². The maximum absolute atomic E-state index is 10.3. The third-order valence-electron chi connectivity index (χ3n) is 4.88. The lowest BCUT2D eigenvalue weighted by molar-refractivity contribution is 0.439. The summed E-state index contributed by atoms with van der Waals surface area (Å²) < 4.78 is 0. The van der Waals surface area contributed by atoms with Crippen LogP contribution in [0.5, 0.6) is 11.5 Å². The zero-order chi connectivity index (χ0) is 15.5. The molecular weight excluding hydrogens is 272 g/mol. The second kappa shape index (κ2) is 6.43. The predicted octanol–water partition coefficient (Wildman–Crippen LogP) is 5.04. The largest absolute Gasteiger partial charge is 0.508 e. The van der Waals surface area contributed by atoms with E-state index in [1.807, 2.05) is 24.3 Å². The number of phenols is 2. The third-order valence-corrected chi connectivity index (χ3v) is 4.88. The predicted molar refractivity (Wildman–Crippen MR) is 89.6 cm³/mol. The van der Waals surface area contributed by atoms with Gasteiger partial charge in [0.1, 0.15) is 11.5 Å². The Morgan fingerprint density at radius 3 is 2.36 bits per heavy atom. The third kappa shape index (κ3) is 3.11. The van der Waals surface area contributed by atoms with Gasteiger partial charge in [-0.3, -0.25) is 0 Å². The molecule has 2 aromatic carbocycles. The lowest BCUT2D eigenvalue weighted by Gasteiger charge is -2.24. The molecule has 1 aliphatic carbocycles. The highest BCUT2D eigenvalue weighted by Gasteiger charge is 2.19. The second-order valence-corrected chi connectivity index (χ2v) is 6.48. The summed E-state index contributed by atoms with van der Waals surface area (Å²) in [5.74, 6) is 1.25. The Bertz CT molecular complexity index is 655. The molecule has 2 heteroatoms. The average Bonchev–Trinajstić information content (AvgIpc) is 2.53. The van der Waals surface area contributed by atoms with Gasteiger partial charge in [-0.05, 0) is 60.1 Å². The molecule has 3 rings (SSSR count). The van der Waals surface area contributed by atoms with E-state index < -0.39 is 0 Å². The molecule has 0 heterocycles. The fourth-order valence-corrected chi connectivity index (χ4v) is 3.62. The Labute approximate surface area is 132 Å². The van der Waals surface area contributed by atoms with Crippen molar-refractivity contribution >= 4 is 0 Å². The minimum atomic E-state index is 0.293. The van der Waals surface area contributed by atoms with Crippen molar-refractivity contribution in [2.24, 2.45) is 0 Å². The zero-order valence-corrected chi connectivity index (χ0v) is 13.2. The van der Waals surface area contributed by atoms with Crippen molar-refractivity contribution in [3.8, 4) is 11.5 Å². The lowest BCUT2D eigenvalue weighted by atomic mass is 9.81. The quantitative estimate of drug-likeness (QED) is 0.832. The lowest BCUT2D eigenvalue weighted by Crippen LogP contribution is -2.07. The normalized spacial score (nSPS) is 15.9. The van der Waals surface area contributed by atoms with Crippen molar-refractivity contribution in [3.63, 3.8) is 0 Å². The fraction of sp³-hybridized carbons (Fsp3) is 0.400. The first-order chi connectivity index (χ1) is 10.6. The molecule has 0 aliphatic heterocycles. The van der Waals surface area contributed by atoms with Crippen LogP contribution >= 0.6 is 0 Å². The fourth-order valence-electron chi connectivity index (χ4n) is 3.62. The summed E-state index contributed by atoms with van der Waals surface area (Å²) in [4.78, 5) is 0. The molecule has 2 nitrogen and oxygen atoms in total. The highest BCUT2D eigenvalue weighted by molar-refractivity contribution is 5.47. The van der Waals surface area contributed by atoms with Crippen LogP contribution in [0.4, 0.5) is 0 Å². The van der Waals surface area contributed by atoms with E-state index in [1.54, 1.807) is 6.07 Å². The molecule has 2 N–H and O–H groups in total. The highest BCUT2D eigenvalue weighted by Crippen LogP contribution is 2.37. The van der Waals surface area contributed by atoms with Crippen molar-refractivity contribution < 1.29 is 10.2 Å². The standard InChI is InChI=1S/C20H24O2/c1-14-11-20(22)17(12-16-9-5-6-10-19(16)21)13-18(14)15-7-3-2-4-8-15/h5-6,9-11,13,15,21-22H,2-4,7-8,12H2,1H3. The molecule has 1 aliphatic rings. The SMILES string of the molecule is Cc1cc(O)c(Cc2ccccc2O)cc1C1CCCCC1. The minimum absolute atomic E-state index is 0.293. The van der Waals surface area contributed by atoms with Gasteiger partial charge < -0.3 is 10.2 Å². The van der Waals surface area contributed by atoms with Gasteiger partial charge in [0.15, 0.2) is 0 Å². The summed E-state index contributed by atoms with van der Waals surface area (Å²) in [6.45, 7) is 2.09. The summed E-state index contributed by atoms with van der Waals surface area (Å²) in [6.07, 6.45) is 7.03. The van der Waals surface area contributed by atoms with Crippen LogP contribution in [-0.2, 0) is 6.42 Å². The molecule has 1 fully saturated rings. The van der Waals surface area contributed by atoms with Crippen molar-refractivity contribution in [3.05, 3.63) is 58.7 Å². The Balaban J connectivity index is 1.92. The molecule has 0 unspecified atom stereocenters. The highest BCUT2D eigenvalue weighted by atomic mass is 16.3. The smallest absolute Gasteiger partial charge is 0.119 e. The van der Waals surface area contributed by atoms with Crippen molar-refractivity contribution in [1.82, 2.24) is 0 Å². The first-order valence-corrected chi connectivity index (χ1v) is 8.24. The van der Waals surface area contributed by atoms with Crippen LogP contribution in [0.25, 0.3) is 0 Å². The number of para-hydroxylation sites is 1. The number of hydrogen-bond donors (Lipinski definition) is 2. The number of hydrogen-bond acceptors (Lipinski definition) is 2. The van der Waals surface area contributed by atoms with Crippen molar-refractivity contribution in [1.29, 1.82) is 0 Å². The molecule has 0 spiro atoms. The summed E-state index contributed by atoms with van der Waals surface area (Å²) in [5.41, 5.74) is 4.33. The maximum atomic E-state index is 10.3. The first-order valence-electron chi connectivity index (χ1n) is 8.24. The maximum Gasteiger partial charge on any atom is 0.119 e. The summed E-state index contributed by atoms with van der Waals surface area (Å²) in [6, 6.07) is 11.4. The van der Waals surface area contributed by atoms with Gasteiger partial charge in [0.2, 0.25) is 0 Å². The summed E-state index contributed by atoms with van der Waals surface area (Å²) in [5, 5.41) is 20.2. The number of benzene rings is 2. The van der Waals surface area contributed by atoms with Gasteiger partial charge in [-0.25, -0.2) is 0 Å². The number of phenolic OH excluding ortho intramolecular Hbond substituents is 2. The number of aromatic hydroxyl groups is 2. The van der Waals surface area contributed by atoms with E-state index >= 15 is 0 Å². The van der Waals surface area contributed by atoms with Crippen LogP contribution < -0.4 is 0 Å². The molecule has 2 aromatic rings. The van der Waals surface area contributed by atoms with Gasteiger partial charge in [-0.1, -0.05) is 43.5 Å². The van der Waals surface area contributed by atoms with Crippen molar-refractivity contribution in [2.45, 2.75) is 51.4 Å². The van der Waals surface area contributed by atoms with E-state index in [0.29, 0.717) is 23.8 Å².